The van der Waals surface area contributed by atoms with Crippen molar-refractivity contribution in [1.29, 1.82) is 0 Å². The van der Waals surface area contributed by atoms with Crippen LogP contribution in [-0.4, -0.2) is 49.9 Å². The number of halogens is 4. The van der Waals surface area contributed by atoms with Crippen molar-refractivity contribution < 1.29 is 27.1 Å². The molecule has 2 aromatic heterocycles. The Hall–Kier alpha value is -4.35. The van der Waals surface area contributed by atoms with Crippen LogP contribution in [-0.2, 0) is 11.0 Å². The lowest BCUT2D eigenvalue weighted by Crippen LogP contribution is -2.40. The van der Waals surface area contributed by atoms with Crippen LogP contribution in [0, 0.1) is 5.82 Å². The highest BCUT2D eigenvalue weighted by Gasteiger charge is 2.34. The second-order valence-corrected chi connectivity index (χ2v) is 9.63. The van der Waals surface area contributed by atoms with Gasteiger partial charge in [0.15, 0.2) is 0 Å². The van der Waals surface area contributed by atoms with Gasteiger partial charge in [-0.2, -0.15) is 13.2 Å². The summed E-state index contributed by atoms with van der Waals surface area (Å²) in [5.74, 6) is -0.614. The molecule has 0 bridgehead atoms. The van der Waals surface area contributed by atoms with Crippen LogP contribution in [0.5, 0.6) is 5.75 Å². The number of anilines is 1. The molecule has 2 aromatic carbocycles. The van der Waals surface area contributed by atoms with E-state index in [0.29, 0.717) is 54.0 Å². The average molecular weight is 555 g/mol. The molecule has 1 fully saturated rings. The quantitative estimate of drug-likeness (QED) is 0.301. The number of hydrogen-bond donors (Lipinski definition) is 1. The van der Waals surface area contributed by atoms with E-state index in [1.54, 1.807) is 30.9 Å². The van der Waals surface area contributed by atoms with E-state index in [9.17, 15) is 22.4 Å². The lowest BCUT2D eigenvalue weighted by molar-refractivity contribution is -0.145. The van der Waals surface area contributed by atoms with E-state index in [2.05, 4.69) is 25.3 Å². The highest BCUT2D eigenvalue weighted by atomic mass is 19.4. The number of carbonyl (C=O) groups excluding carboxylic acids is 1. The monoisotopic (exact) mass is 554 g/mol. The van der Waals surface area contributed by atoms with Crippen molar-refractivity contribution in [2.45, 2.75) is 45.0 Å². The van der Waals surface area contributed by atoms with Gasteiger partial charge in [0.05, 0.1) is 6.04 Å². The molecular weight excluding hydrogens is 528 g/mol. The molecule has 5 rings (SSSR count). The van der Waals surface area contributed by atoms with Crippen molar-refractivity contribution in [2.24, 2.45) is 0 Å². The van der Waals surface area contributed by atoms with Gasteiger partial charge in [-0.05, 0) is 42.3 Å². The Labute approximate surface area is 227 Å². The van der Waals surface area contributed by atoms with Crippen molar-refractivity contribution in [2.75, 3.05) is 18.4 Å². The molecule has 40 heavy (non-hydrogen) atoms. The fraction of sp³-hybridized carbons (Fsp3) is 0.321. The first kappa shape index (κ1) is 27.2. The third-order valence-corrected chi connectivity index (χ3v) is 6.84. The molecule has 208 valence electrons. The SMILES string of the molecule is CC(=O)N1CCC(Oc2cc(-c3ccc(F)cc3)cc3c(N[C@H](C)c4cnc(C(F)(F)F)nc4)ncnc23)CC1. The van der Waals surface area contributed by atoms with Gasteiger partial charge >= 0.3 is 6.18 Å². The van der Waals surface area contributed by atoms with E-state index in [0.717, 1.165) is 23.5 Å². The summed E-state index contributed by atoms with van der Waals surface area (Å²) in [4.78, 5) is 29.3. The Kier molecular flexibility index (Phi) is 7.51. The van der Waals surface area contributed by atoms with Gasteiger partial charge in [-0.3, -0.25) is 4.79 Å². The van der Waals surface area contributed by atoms with Crippen molar-refractivity contribution in [3.63, 3.8) is 0 Å². The lowest BCUT2D eigenvalue weighted by Gasteiger charge is -2.31. The van der Waals surface area contributed by atoms with E-state index < -0.39 is 18.0 Å². The number of benzene rings is 2. The zero-order valence-corrected chi connectivity index (χ0v) is 21.7. The number of amides is 1. The molecule has 1 atom stereocenters. The maximum Gasteiger partial charge on any atom is 0.451 e. The number of hydrogen-bond acceptors (Lipinski definition) is 7. The number of nitrogens with zero attached hydrogens (tertiary/aromatic N) is 5. The van der Waals surface area contributed by atoms with Crippen LogP contribution in [0.3, 0.4) is 0 Å². The van der Waals surface area contributed by atoms with Crippen LogP contribution < -0.4 is 10.1 Å². The molecular formula is C28H26F4N6O2. The van der Waals surface area contributed by atoms with Gasteiger partial charge in [-0.25, -0.2) is 24.3 Å². The smallest absolute Gasteiger partial charge is 0.451 e. The van der Waals surface area contributed by atoms with Crippen LogP contribution in [0.1, 0.15) is 44.1 Å². The van der Waals surface area contributed by atoms with Gasteiger partial charge in [-0.15, -0.1) is 0 Å². The van der Waals surface area contributed by atoms with Crippen LogP contribution in [0.25, 0.3) is 22.0 Å². The fourth-order valence-electron chi connectivity index (χ4n) is 4.61. The van der Waals surface area contributed by atoms with Crippen LogP contribution in [0.2, 0.25) is 0 Å². The minimum absolute atomic E-state index is 0.0261. The summed E-state index contributed by atoms with van der Waals surface area (Å²) in [6.07, 6.45) is 0.173. The van der Waals surface area contributed by atoms with E-state index in [-0.39, 0.29) is 17.8 Å². The molecule has 4 aromatic rings. The van der Waals surface area contributed by atoms with E-state index >= 15 is 0 Å². The molecule has 3 heterocycles. The van der Waals surface area contributed by atoms with Gasteiger partial charge in [0.1, 0.15) is 35.3 Å². The molecule has 0 radical (unpaired) electrons. The highest BCUT2D eigenvalue weighted by Crippen LogP contribution is 2.36. The maximum atomic E-state index is 13.6. The molecule has 0 saturated carbocycles. The topological polar surface area (TPSA) is 93.1 Å². The van der Waals surface area contributed by atoms with Gasteiger partial charge in [-0.1, -0.05) is 12.1 Å². The molecule has 0 aliphatic carbocycles. The molecule has 8 nitrogen and oxygen atoms in total. The summed E-state index contributed by atoms with van der Waals surface area (Å²) in [7, 11) is 0. The minimum atomic E-state index is -4.63. The number of fused-ring (bicyclic) bond motifs is 1. The second-order valence-electron chi connectivity index (χ2n) is 9.63. The van der Waals surface area contributed by atoms with Crippen molar-refractivity contribution >= 4 is 22.6 Å². The summed E-state index contributed by atoms with van der Waals surface area (Å²) in [5.41, 5.74) is 2.46. The normalized spacial score (nSPS) is 15.2. The van der Waals surface area contributed by atoms with Crippen LogP contribution in [0.15, 0.2) is 55.1 Å². The Morgan fingerprint density at radius 2 is 1.70 bits per heavy atom. The molecule has 12 heteroatoms. The molecule has 0 spiro atoms. The summed E-state index contributed by atoms with van der Waals surface area (Å²) >= 11 is 0. The Balaban J connectivity index is 1.49. The summed E-state index contributed by atoms with van der Waals surface area (Å²) in [6.45, 7) is 4.47. The Bertz CT molecular complexity index is 1500. The first-order valence-corrected chi connectivity index (χ1v) is 12.7. The van der Waals surface area contributed by atoms with E-state index in [4.69, 9.17) is 4.74 Å². The number of ether oxygens (including phenoxy) is 1. The summed E-state index contributed by atoms with van der Waals surface area (Å²) < 4.78 is 58.7. The van der Waals surface area contributed by atoms with E-state index in [1.165, 1.54) is 18.5 Å². The zero-order chi connectivity index (χ0) is 28.4. The first-order valence-electron chi connectivity index (χ1n) is 12.7. The lowest BCUT2D eigenvalue weighted by atomic mass is 10.0. The van der Waals surface area contributed by atoms with Gasteiger partial charge in [0, 0.05) is 56.2 Å². The summed E-state index contributed by atoms with van der Waals surface area (Å²) in [6, 6.07) is 9.25. The number of alkyl halides is 3. The first-order chi connectivity index (χ1) is 19.1. The predicted octanol–water partition coefficient (Wildman–Crippen LogP) is 5.81. The van der Waals surface area contributed by atoms with Crippen LogP contribution >= 0.6 is 0 Å². The maximum absolute atomic E-state index is 13.6. The van der Waals surface area contributed by atoms with Crippen LogP contribution in [0.4, 0.5) is 23.4 Å². The minimum Gasteiger partial charge on any atom is -0.488 e. The van der Waals surface area contributed by atoms with Gasteiger partial charge in [0.25, 0.3) is 0 Å². The third-order valence-electron chi connectivity index (χ3n) is 6.84. The second kappa shape index (κ2) is 11.0. The molecule has 1 saturated heterocycles. The average Bonchev–Trinajstić information content (AvgIpc) is 2.93. The van der Waals surface area contributed by atoms with Crippen molar-refractivity contribution in [3.8, 4) is 16.9 Å². The highest BCUT2D eigenvalue weighted by molar-refractivity contribution is 5.96. The van der Waals surface area contributed by atoms with Gasteiger partial charge in [0.2, 0.25) is 11.7 Å². The molecule has 1 N–H and O–H groups in total. The Morgan fingerprint density at radius 3 is 2.33 bits per heavy atom. The zero-order valence-electron chi connectivity index (χ0n) is 21.7. The fourth-order valence-corrected chi connectivity index (χ4v) is 4.61. The molecule has 1 aliphatic rings. The number of piperidine rings is 1. The van der Waals surface area contributed by atoms with Crippen molar-refractivity contribution in [1.82, 2.24) is 24.8 Å². The molecule has 1 amide bonds. The summed E-state index contributed by atoms with van der Waals surface area (Å²) in [5, 5.41) is 3.84. The Morgan fingerprint density at radius 1 is 1.02 bits per heavy atom. The standard InChI is InChI=1S/C28H26F4N6O2/c1-16(20-13-33-27(34-14-20)28(30,31)32)37-26-23-11-19(18-3-5-21(29)6-4-18)12-24(25(23)35-15-36-26)40-22-7-9-38(10-8-22)17(2)39/h3-6,11-16,22H,7-10H2,1-2H3,(H,35,36,37)/t16-/m1/s1. The number of carbonyl (C=O) groups is 1. The molecule has 0 unspecified atom stereocenters. The van der Waals surface area contributed by atoms with Gasteiger partial charge < -0.3 is 15.0 Å². The number of likely N-dealkylation sites (tertiary alicyclic amines) is 1. The van der Waals surface area contributed by atoms with E-state index in [1.807, 2.05) is 12.1 Å². The number of aromatic nitrogens is 4. The predicted molar refractivity (Wildman–Crippen MR) is 140 cm³/mol. The number of nitrogens with one attached hydrogen (secondary N) is 1. The third kappa shape index (κ3) is 5.95. The van der Waals surface area contributed by atoms with Crippen molar-refractivity contribution in [3.05, 3.63) is 72.3 Å². The largest absolute Gasteiger partial charge is 0.488 e. The number of rotatable bonds is 6. The molecule has 1 aliphatic heterocycles.